The molecule has 2 aromatic heterocycles. The minimum atomic E-state index is -1.06. The molecule has 3 rings (SSSR count). The molecule has 0 saturated carbocycles. The van der Waals surface area contributed by atoms with Gasteiger partial charge in [0.1, 0.15) is 11.5 Å². The van der Waals surface area contributed by atoms with Gasteiger partial charge in [0.15, 0.2) is 21.9 Å². The van der Waals surface area contributed by atoms with Crippen molar-refractivity contribution < 1.29 is 23.8 Å². The summed E-state index contributed by atoms with van der Waals surface area (Å²) >= 11 is 7.34. The lowest BCUT2D eigenvalue weighted by Crippen LogP contribution is -2.30. The molecule has 0 spiro atoms. The molecule has 0 radical (unpaired) electrons. The lowest BCUT2D eigenvalue weighted by atomic mass is 10.2. The Bertz CT molecular complexity index is 978. The number of hydrogen-bond donors (Lipinski definition) is 1. The van der Waals surface area contributed by atoms with Crippen LogP contribution in [0, 0.1) is 0 Å². The summed E-state index contributed by atoms with van der Waals surface area (Å²) in [5.41, 5.74) is 0.525. The van der Waals surface area contributed by atoms with Crippen LogP contribution in [0.15, 0.2) is 29.8 Å². The van der Waals surface area contributed by atoms with Gasteiger partial charge < -0.3 is 19.5 Å². The molecule has 0 aliphatic rings. The van der Waals surface area contributed by atoms with Crippen LogP contribution in [-0.2, 0) is 9.53 Å². The Hall–Kier alpha value is -2.78. The maximum Gasteiger partial charge on any atom is 0.359 e. The number of methoxy groups -OCH3 is 2. The lowest BCUT2D eigenvalue weighted by Gasteiger charge is -2.14. The SMILES string of the molecule is COc1cc(NC(=O)C(C)OC(=O)c2c(Cl)nc3sccn23)cc(OC)c1. The normalized spacial score (nSPS) is 11.9. The van der Waals surface area contributed by atoms with Gasteiger partial charge in [-0.2, -0.15) is 0 Å². The zero-order valence-electron chi connectivity index (χ0n) is 14.7. The van der Waals surface area contributed by atoms with Crippen molar-refractivity contribution >= 4 is 45.5 Å². The number of fused-ring (bicyclic) bond motifs is 1. The van der Waals surface area contributed by atoms with E-state index in [0.717, 1.165) is 0 Å². The van der Waals surface area contributed by atoms with E-state index in [1.807, 2.05) is 0 Å². The van der Waals surface area contributed by atoms with Crippen molar-refractivity contribution in [3.8, 4) is 11.5 Å². The first-order valence-electron chi connectivity index (χ1n) is 7.79. The molecule has 1 aromatic carbocycles. The number of esters is 1. The van der Waals surface area contributed by atoms with Crippen LogP contribution in [0.1, 0.15) is 17.4 Å². The molecule has 142 valence electrons. The highest BCUT2D eigenvalue weighted by Gasteiger charge is 2.25. The summed E-state index contributed by atoms with van der Waals surface area (Å²) in [6, 6.07) is 4.92. The molecule has 0 aliphatic carbocycles. The van der Waals surface area contributed by atoms with Crippen LogP contribution in [-0.4, -0.2) is 41.6 Å². The van der Waals surface area contributed by atoms with E-state index in [-0.39, 0.29) is 10.8 Å². The van der Waals surface area contributed by atoms with Crippen molar-refractivity contribution in [3.63, 3.8) is 0 Å². The molecule has 1 atom stereocenters. The number of hydrogen-bond acceptors (Lipinski definition) is 7. The smallest absolute Gasteiger partial charge is 0.359 e. The maximum absolute atomic E-state index is 12.4. The molecule has 0 saturated heterocycles. The van der Waals surface area contributed by atoms with Gasteiger partial charge >= 0.3 is 5.97 Å². The highest BCUT2D eigenvalue weighted by atomic mass is 35.5. The van der Waals surface area contributed by atoms with E-state index in [1.165, 1.54) is 36.9 Å². The number of ether oxygens (including phenoxy) is 3. The third-order valence-electron chi connectivity index (χ3n) is 3.68. The van der Waals surface area contributed by atoms with Crippen molar-refractivity contribution in [2.45, 2.75) is 13.0 Å². The second-order valence-electron chi connectivity index (χ2n) is 5.44. The molecule has 3 aromatic rings. The Balaban J connectivity index is 1.71. The largest absolute Gasteiger partial charge is 0.497 e. The fourth-order valence-corrected chi connectivity index (χ4v) is 3.35. The van der Waals surface area contributed by atoms with Crippen molar-refractivity contribution in [1.82, 2.24) is 9.38 Å². The zero-order valence-corrected chi connectivity index (χ0v) is 16.3. The lowest BCUT2D eigenvalue weighted by molar-refractivity contribution is -0.123. The number of carbonyl (C=O) groups is 2. The Morgan fingerprint density at radius 1 is 1.22 bits per heavy atom. The Kier molecular flexibility index (Phi) is 5.52. The number of anilines is 1. The highest BCUT2D eigenvalue weighted by molar-refractivity contribution is 7.15. The van der Waals surface area contributed by atoms with Gasteiger partial charge in [0.05, 0.1) is 14.2 Å². The van der Waals surface area contributed by atoms with Gasteiger partial charge in [0.2, 0.25) is 0 Å². The number of benzene rings is 1. The first-order chi connectivity index (χ1) is 12.9. The van der Waals surface area contributed by atoms with Crippen molar-refractivity contribution in [2.75, 3.05) is 19.5 Å². The van der Waals surface area contributed by atoms with Crippen LogP contribution in [0.5, 0.6) is 11.5 Å². The van der Waals surface area contributed by atoms with E-state index in [9.17, 15) is 9.59 Å². The summed E-state index contributed by atoms with van der Waals surface area (Å²) in [5, 5.41) is 4.45. The molecular formula is C17H16ClN3O5S. The molecule has 0 bridgehead atoms. The molecule has 1 unspecified atom stereocenters. The summed E-state index contributed by atoms with van der Waals surface area (Å²) in [5.74, 6) is -0.224. The topological polar surface area (TPSA) is 91.2 Å². The number of carbonyl (C=O) groups excluding carboxylic acids is 2. The quantitative estimate of drug-likeness (QED) is 0.628. The molecule has 8 nitrogen and oxygen atoms in total. The van der Waals surface area contributed by atoms with Gasteiger partial charge in [-0.15, -0.1) is 11.3 Å². The van der Waals surface area contributed by atoms with Crippen LogP contribution in [0.3, 0.4) is 0 Å². The number of nitrogens with one attached hydrogen (secondary N) is 1. The summed E-state index contributed by atoms with van der Waals surface area (Å²) in [4.78, 5) is 29.4. The minimum Gasteiger partial charge on any atom is -0.497 e. The summed E-state index contributed by atoms with van der Waals surface area (Å²) in [7, 11) is 3.01. The van der Waals surface area contributed by atoms with E-state index >= 15 is 0 Å². The van der Waals surface area contributed by atoms with Crippen LogP contribution < -0.4 is 14.8 Å². The van der Waals surface area contributed by atoms with Crippen molar-refractivity contribution in [3.05, 3.63) is 40.6 Å². The number of imidazole rings is 1. The predicted octanol–water partition coefficient (Wildman–Crippen LogP) is 3.25. The van der Waals surface area contributed by atoms with E-state index < -0.39 is 18.0 Å². The third kappa shape index (κ3) is 3.99. The van der Waals surface area contributed by atoms with Gasteiger partial charge in [-0.1, -0.05) is 11.6 Å². The fraction of sp³-hybridized carbons (Fsp3) is 0.235. The standard InChI is InChI=1S/C17H16ClN3O5S/c1-9(15(22)19-10-6-11(24-2)8-12(7-10)25-3)26-16(23)13-14(18)20-17-21(13)4-5-27-17/h4-9H,1-3H3,(H,19,22). The number of nitrogens with zero attached hydrogens (tertiary/aromatic N) is 2. The van der Waals surface area contributed by atoms with Gasteiger partial charge in [-0.05, 0) is 6.92 Å². The number of thiazole rings is 1. The number of rotatable bonds is 6. The molecule has 1 amide bonds. The average Bonchev–Trinajstić information content (AvgIpc) is 3.20. The first kappa shape index (κ1) is 19.0. The second-order valence-corrected chi connectivity index (χ2v) is 6.68. The predicted molar refractivity (Wildman–Crippen MR) is 101 cm³/mol. The Morgan fingerprint density at radius 3 is 2.52 bits per heavy atom. The highest BCUT2D eigenvalue weighted by Crippen LogP contribution is 2.26. The zero-order chi connectivity index (χ0) is 19.6. The van der Waals surface area contributed by atoms with Gasteiger partial charge in [-0.25, -0.2) is 9.78 Å². The van der Waals surface area contributed by atoms with Crippen molar-refractivity contribution in [1.29, 1.82) is 0 Å². The molecule has 10 heteroatoms. The van der Waals surface area contributed by atoms with Gasteiger partial charge in [0, 0.05) is 35.5 Å². The van der Waals surface area contributed by atoms with Crippen LogP contribution in [0.25, 0.3) is 4.96 Å². The fourth-order valence-electron chi connectivity index (χ4n) is 2.34. The molecular weight excluding hydrogens is 394 g/mol. The monoisotopic (exact) mass is 409 g/mol. The van der Waals surface area contributed by atoms with Crippen molar-refractivity contribution in [2.24, 2.45) is 0 Å². The minimum absolute atomic E-state index is 0.0250. The van der Waals surface area contributed by atoms with Gasteiger partial charge in [-0.3, -0.25) is 9.20 Å². The molecule has 1 N–H and O–H groups in total. The Morgan fingerprint density at radius 2 is 1.89 bits per heavy atom. The first-order valence-corrected chi connectivity index (χ1v) is 9.04. The molecule has 27 heavy (non-hydrogen) atoms. The third-order valence-corrected chi connectivity index (χ3v) is 4.71. The summed E-state index contributed by atoms with van der Waals surface area (Å²) < 4.78 is 17.1. The van der Waals surface area contributed by atoms with Crippen LogP contribution in [0.2, 0.25) is 5.15 Å². The van der Waals surface area contributed by atoms with Gasteiger partial charge in [0.25, 0.3) is 5.91 Å². The van der Waals surface area contributed by atoms with Crippen LogP contribution >= 0.6 is 22.9 Å². The van der Waals surface area contributed by atoms with E-state index in [2.05, 4.69) is 10.3 Å². The number of aromatic nitrogens is 2. The Labute approximate surface area is 163 Å². The number of halogens is 1. The van der Waals surface area contributed by atoms with E-state index in [1.54, 1.807) is 29.8 Å². The maximum atomic E-state index is 12.4. The molecule has 0 fully saturated rings. The average molecular weight is 410 g/mol. The molecule has 2 heterocycles. The summed E-state index contributed by atoms with van der Waals surface area (Å²) in [6.45, 7) is 1.46. The summed E-state index contributed by atoms with van der Waals surface area (Å²) in [6.07, 6.45) is 0.595. The van der Waals surface area contributed by atoms with Crippen LogP contribution in [0.4, 0.5) is 5.69 Å². The van der Waals surface area contributed by atoms with E-state index in [4.69, 9.17) is 25.8 Å². The molecule has 0 aliphatic heterocycles. The number of amides is 1. The second kappa shape index (κ2) is 7.85. The van der Waals surface area contributed by atoms with E-state index in [0.29, 0.717) is 22.1 Å².